The minimum atomic E-state index is -4.20. The molecule has 8 heteroatoms. The molecule has 152 valence electrons. The molecule has 3 aromatic rings. The first-order valence-electron chi connectivity index (χ1n) is 8.64. The Labute approximate surface area is 184 Å². The van der Waals surface area contributed by atoms with Gasteiger partial charge in [-0.2, -0.15) is 4.57 Å². The summed E-state index contributed by atoms with van der Waals surface area (Å²) in [4.78, 5) is 0. The smallest absolute Gasteiger partial charge is 0.386 e. The highest BCUT2D eigenvalue weighted by Gasteiger charge is 2.35. The third kappa shape index (κ3) is 5.02. The minimum Gasteiger partial charge on any atom is -0.386 e. The van der Waals surface area contributed by atoms with Crippen LogP contribution in [-0.4, -0.2) is 0 Å². The van der Waals surface area contributed by atoms with Crippen molar-refractivity contribution < 1.29 is 18.1 Å². The van der Waals surface area contributed by atoms with Gasteiger partial charge < -0.3 is 13.6 Å². The molecule has 3 rings (SSSR count). The summed E-state index contributed by atoms with van der Waals surface area (Å²) in [5.74, 6) is 0.834. The summed E-state index contributed by atoms with van der Waals surface area (Å²) in [7, 11) is -4.20. The SMILES string of the molecule is Cc1c(Cl)cccc1OP(=O)(Oc1cccc(Cl)c1C)Oc1cccc(Cl)c1C. The summed E-state index contributed by atoms with van der Waals surface area (Å²) in [6.45, 7) is 5.24. The zero-order valence-corrected chi connectivity index (χ0v) is 19.1. The van der Waals surface area contributed by atoms with E-state index in [1.165, 1.54) is 0 Å². The zero-order chi connectivity index (χ0) is 21.2. The number of halogens is 3. The Bertz CT molecular complexity index is 965. The molecule has 0 aliphatic heterocycles. The highest BCUT2D eigenvalue weighted by atomic mass is 35.5. The molecule has 3 aromatic carbocycles. The Morgan fingerprint density at radius 1 is 0.586 bits per heavy atom. The quantitative estimate of drug-likeness (QED) is 0.340. The highest BCUT2D eigenvalue weighted by molar-refractivity contribution is 7.49. The van der Waals surface area contributed by atoms with Crippen molar-refractivity contribution in [3.8, 4) is 17.2 Å². The van der Waals surface area contributed by atoms with Gasteiger partial charge in [-0.25, -0.2) is 0 Å². The number of rotatable bonds is 6. The first kappa shape index (κ1) is 21.9. The molecule has 4 nitrogen and oxygen atoms in total. The molecule has 0 saturated carbocycles. The maximum atomic E-state index is 13.7. The Hall–Kier alpha value is -1.84. The van der Waals surface area contributed by atoms with Crippen molar-refractivity contribution in [1.82, 2.24) is 0 Å². The van der Waals surface area contributed by atoms with Crippen LogP contribution < -0.4 is 13.6 Å². The van der Waals surface area contributed by atoms with Gasteiger partial charge in [0.05, 0.1) is 0 Å². The van der Waals surface area contributed by atoms with E-state index in [4.69, 9.17) is 48.4 Å². The lowest BCUT2D eigenvalue weighted by Crippen LogP contribution is -2.09. The summed E-state index contributed by atoms with van der Waals surface area (Å²) in [5.41, 5.74) is 1.81. The van der Waals surface area contributed by atoms with Crippen LogP contribution in [0, 0.1) is 20.8 Å². The van der Waals surface area contributed by atoms with E-state index in [2.05, 4.69) is 0 Å². The van der Waals surface area contributed by atoms with Crippen LogP contribution in [0.1, 0.15) is 16.7 Å². The highest BCUT2D eigenvalue weighted by Crippen LogP contribution is 2.52. The van der Waals surface area contributed by atoms with Gasteiger partial charge in [0.1, 0.15) is 17.2 Å². The molecule has 0 bridgehead atoms. The Kier molecular flexibility index (Phi) is 6.70. The van der Waals surface area contributed by atoms with Crippen LogP contribution >= 0.6 is 42.6 Å². The zero-order valence-electron chi connectivity index (χ0n) is 15.9. The number of phosphoric ester groups is 1. The molecule has 0 aromatic heterocycles. The van der Waals surface area contributed by atoms with E-state index >= 15 is 0 Å². The van der Waals surface area contributed by atoms with Gasteiger partial charge >= 0.3 is 7.82 Å². The van der Waals surface area contributed by atoms with E-state index in [9.17, 15) is 4.57 Å². The summed E-state index contributed by atoms with van der Waals surface area (Å²) in [6.07, 6.45) is 0. The van der Waals surface area contributed by atoms with Crippen LogP contribution in [0.5, 0.6) is 17.2 Å². The first-order chi connectivity index (χ1) is 13.7. The van der Waals surface area contributed by atoms with Crippen LogP contribution in [0.15, 0.2) is 54.6 Å². The van der Waals surface area contributed by atoms with E-state index in [-0.39, 0.29) is 17.2 Å². The molecular weight excluding hydrogens is 454 g/mol. The van der Waals surface area contributed by atoms with Crippen LogP contribution in [0.25, 0.3) is 0 Å². The molecule has 0 spiro atoms. The molecule has 0 N–H and O–H groups in total. The average Bonchev–Trinajstić information content (AvgIpc) is 2.67. The standard InChI is InChI=1S/C21H18Cl3O4P/c1-13-16(22)7-4-10-19(13)26-29(25,27-20-11-5-8-17(23)14(20)2)28-21-12-6-9-18(24)15(21)3/h4-12H,1-3H3. The molecule has 0 aliphatic rings. The third-order valence-electron chi connectivity index (χ3n) is 4.28. The van der Waals surface area contributed by atoms with Gasteiger partial charge in [0.2, 0.25) is 0 Å². The van der Waals surface area contributed by atoms with Crippen LogP contribution in [0.2, 0.25) is 15.1 Å². The first-order valence-corrected chi connectivity index (χ1v) is 11.2. The van der Waals surface area contributed by atoms with Gasteiger partial charge in [-0.15, -0.1) is 0 Å². The summed E-state index contributed by atoms with van der Waals surface area (Å²) in [5, 5.41) is 1.39. The lowest BCUT2D eigenvalue weighted by Gasteiger charge is -2.22. The molecular formula is C21H18Cl3O4P. The summed E-state index contributed by atoms with van der Waals surface area (Å²) >= 11 is 18.5. The molecule has 29 heavy (non-hydrogen) atoms. The predicted octanol–water partition coefficient (Wildman–Crippen LogP) is 8.22. The van der Waals surface area contributed by atoms with E-state index < -0.39 is 7.82 Å². The number of hydrogen-bond donors (Lipinski definition) is 0. The molecule has 0 unspecified atom stereocenters. The van der Waals surface area contributed by atoms with Crippen molar-refractivity contribution in [2.24, 2.45) is 0 Å². The van der Waals surface area contributed by atoms with Gasteiger partial charge in [-0.3, -0.25) is 0 Å². The topological polar surface area (TPSA) is 44.8 Å². The molecule has 0 aliphatic carbocycles. The molecule has 0 atom stereocenters. The lowest BCUT2D eigenvalue weighted by atomic mass is 10.2. The Morgan fingerprint density at radius 2 is 0.862 bits per heavy atom. The molecule has 0 fully saturated rings. The molecule has 0 saturated heterocycles. The van der Waals surface area contributed by atoms with Crippen molar-refractivity contribution in [1.29, 1.82) is 0 Å². The van der Waals surface area contributed by atoms with Gasteiger partial charge in [-0.05, 0) is 57.2 Å². The Balaban J connectivity index is 2.04. The third-order valence-corrected chi connectivity index (χ3v) is 6.77. The van der Waals surface area contributed by atoms with Gasteiger partial charge in [-0.1, -0.05) is 53.0 Å². The van der Waals surface area contributed by atoms with Gasteiger partial charge in [0.15, 0.2) is 0 Å². The fraction of sp³-hybridized carbons (Fsp3) is 0.143. The van der Waals surface area contributed by atoms with Crippen LogP contribution in [0.4, 0.5) is 0 Å². The number of benzene rings is 3. The van der Waals surface area contributed by atoms with E-state index in [1.807, 2.05) is 0 Å². The van der Waals surface area contributed by atoms with E-state index in [0.717, 1.165) is 0 Å². The maximum absolute atomic E-state index is 13.7. The normalized spacial score (nSPS) is 11.2. The lowest BCUT2D eigenvalue weighted by molar-refractivity contribution is 0.296. The second-order valence-electron chi connectivity index (χ2n) is 6.31. The minimum absolute atomic E-state index is 0.278. The summed E-state index contributed by atoms with van der Waals surface area (Å²) < 4.78 is 31.0. The van der Waals surface area contributed by atoms with Crippen LogP contribution in [0.3, 0.4) is 0 Å². The fourth-order valence-corrected chi connectivity index (χ4v) is 4.40. The molecule has 0 radical (unpaired) electrons. The van der Waals surface area contributed by atoms with Gasteiger partial charge in [0, 0.05) is 31.8 Å². The van der Waals surface area contributed by atoms with Crippen molar-refractivity contribution in [3.05, 3.63) is 86.4 Å². The van der Waals surface area contributed by atoms with Crippen molar-refractivity contribution in [2.75, 3.05) is 0 Å². The molecule has 0 heterocycles. The van der Waals surface area contributed by atoms with E-state index in [1.54, 1.807) is 75.4 Å². The Morgan fingerprint density at radius 3 is 1.14 bits per heavy atom. The largest absolute Gasteiger partial charge is 0.647 e. The molecule has 0 amide bonds. The predicted molar refractivity (Wildman–Crippen MR) is 118 cm³/mol. The number of hydrogen-bond acceptors (Lipinski definition) is 4. The van der Waals surface area contributed by atoms with Crippen LogP contribution in [-0.2, 0) is 4.57 Å². The summed E-state index contributed by atoms with van der Waals surface area (Å²) in [6, 6.07) is 15.1. The number of phosphoric acid groups is 1. The fourth-order valence-electron chi connectivity index (χ4n) is 2.48. The maximum Gasteiger partial charge on any atom is 0.647 e. The van der Waals surface area contributed by atoms with Crippen molar-refractivity contribution >= 4 is 42.6 Å². The second-order valence-corrected chi connectivity index (χ2v) is 8.97. The monoisotopic (exact) mass is 470 g/mol. The van der Waals surface area contributed by atoms with Gasteiger partial charge in [0.25, 0.3) is 0 Å². The van der Waals surface area contributed by atoms with Crippen molar-refractivity contribution in [2.45, 2.75) is 20.8 Å². The van der Waals surface area contributed by atoms with E-state index in [0.29, 0.717) is 31.8 Å². The second kappa shape index (κ2) is 8.89. The van der Waals surface area contributed by atoms with Crippen molar-refractivity contribution in [3.63, 3.8) is 0 Å². The average molecular weight is 472 g/mol.